The van der Waals surface area contributed by atoms with Gasteiger partial charge in [-0.25, -0.2) is 4.79 Å². The molecule has 0 amide bonds. The first-order valence-electron chi connectivity index (χ1n) is 10.0. The van der Waals surface area contributed by atoms with Crippen LogP contribution in [-0.4, -0.2) is 15.7 Å². The molecule has 0 saturated carbocycles. The van der Waals surface area contributed by atoms with Gasteiger partial charge in [0.25, 0.3) is 5.56 Å². The van der Waals surface area contributed by atoms with Gasteiger partial charge in [-0.2, -0.15) is 0 Å². The molecule has 1 aromatic heterocycles. The van der Waals surface area contributed by atoms with Crippen LogP contribution < -0.4 is 11.2 Å². The fourth-order valence-corrected chi connectivity index (χ4v) is 5.29. The Morgan fingerprint density at radius 1 is 0.935 bits per heavy atom. The van der Waals surface area contributed by atoms with Gasteiger partial charge in [0.15, 0.2) is 0 Å². The highest BCUT2D eigenvalue weighted by Crippen LogP contribution is 2.54. The minimum absolute atomic E-state index is 0.147. The van der Waals surface area contributed by atoms with Crippen molar-refractivity contribution in [1.82, 2.24) is 9.55 Å². The van der Waals surface area contributed by atoms with Gasteiger partial charge in [-0.1, -0.05) is 72.8 Å². The molecule has 160 valence electrons. The first kappa shape index (κ1) is 21.2. The average molecular weight is 438 g/mol. The minimum atomic E-state index is -3.49. The van der Waals surface area contributed by atoms with Gasteiger partial charge >= 0.3 is 13.3 Å². The predicted molar refractivity (Wildman–Crippen MR) is 118 cm³/mol. The Morgan fingerprint density at radius 2 is 1.61 bits per heavy atom. The van der Waals surface area contributed by atoms with Crippen molar-refractivity contribution in [3.8, 4) is 0 Å². The molecule has 1 aliphatic rings. The fourth-order valence-electron chi connectivity index (χ4n) is 3.49. The third-order valence-electron chi connectivity index (χ3n) is 5.02. The number of nitrogens with zero attached hydrogens (tertiary/aromatic N) is 1. The van der Waals surface area contributed by atoms with Gasteiger partial charge in [-0.3, -0.25) is 18.9 Å². The molecule has 1 heterocycles. The molecule has 0 spiro atoms. The second kappa shape index (κ2) is 9.43. The number of hydrogen-bond donors (Lipinski definition) is 1. The molecule has 4 rings (SSSR count). The Kier molecular flexibility index (Phi) is 6.47. The van der Waals surface area contributed by atoms with E-state index >= 15 is 0 Å². The van der Waals surface area contributed by atoms with E-state index < -0.39 is 24.9 Å². The number of benzene rings is 2. The highest BCUT2D eigenvalue weighted by Gasteiger charge is 2.32. The number of aromatic amines is 1. The molecule has 0 saturated heterocycles. The topological polar surface area (TPSA) is 90.4 Å². The lowest BCUT2D eigenvalue weighted by Crippen LogP contribution is -2.30. The van der Waals surface area contributed by atoms with Crippen molar-refractivity contribution in [3.05, 3.63) is 117 Å². The maximum atomic E-state index is 13.7. The third-order valence-corrected chi connectivity index (χ3v) is 6.88. The number of aromatic nitrogens is 2. The summed E-state index contributed by atoms with van der Waals surface area (Å²) in [5.41, 5.74) is 0.821. The maximum absolute atomic E-state index is 13.7. The SMILES string of the molecule is O=c1ccn(C2C=CC(OP(=O)(Cc3ccccc3)OCc3ccccc3)C2)c(=O)[nH]1. The molecule has 8 heteroatoms. The van der Waals surface area contributed by atoms with E-state index in [-0.39, 0.29) is 18.8 Å². The second-order valence-corrected chi connectivity index (χ2v) is 9.37. The number of hydrogen-bond acceptors (Lipinski definition) is 5. The van der Waals surface area contributed by atoms with Crippen LogP contribution in [0.3, 0.4) is 0 Å². The summed E-state index contributed by atoms with van der Waals surface area (Å²) in [5, 5.41) is 0. The Hall–Kier alpha value is -2.99. The van der Waals surface area contributed by atoms with Gasteiger partial charge in [0, 0.05) is 18.7 Å². The van der Waals surface area contributed by atoms with E-state index in [1.807, 2.05) is 66.7 Å². The van der Waals surface area contributed by atoms with E-state index in [1.54, 1.807) is 6.08 Å². The Labute approximate surface area is 179 Å². The van der Waals surface area contributed by atoms with E-state index in [9.17, 15) is 14.2 Å². The van der Waals surface area contributed by atoms with Crippen LogP contribution in [0, 0.1) is 0 Å². The zero-order valence-electron chi connectivity index (χ0n) is 16.8. The first-order chi connectivity index (χ1) is 15.0. The van der Waals surface area contributed by atoms with Crippen LogP contribution in [-0.2, 0) is 26.4 Å². The molecule has 1 N–H and O–H groups in total. The summed E-state index contributed by atoms with van der Waals surface area (Å²) in [7, 11) is -3.49. The highest BCUT2D eigenvalue weighted by molar-refractivity contribution is 7.53. The zero-order chi connectivity index (χ0) is 21.7. The molecule has 2 aromatic carbocycles. The third kappa shape index (κ3) is 5.58. The minimum Gasteiger partial charge on any atom is -0.304 e. The summed E-state index contributed by atoms with van der Waals surface area (Å²) >= 11 is 0. The predicted octanol–water partition coefficient (Wildman–Crippen LogP) is 4.03. The maximum Gasteiger partial charge on any atom is 0.335 e. The summed E-state index contributed by atoms with van der Waals surface area (Å²) < 4.78 is 26.9. The normalized spacial score (nSPS) is 19.9. The first-order valence-corrected chi connectivity index (χ1v) is 11.7. The second-order valence-electron chi connectivity index (χ2n) is 7.36. The fraction of sp³-hybridized carbons (Fsp3) is 0.217. The standard InChI is InChI=1S/C23H23N2O5P/c26-22-13-14-25(23(27)24-22)20-11-12-21(15-20)30-31(28,17-19-9-5-2-6-10-19)29-16-18-7-3-1-4-8-18/h1-14,20-21H,15-17H2,(H,24,26,27). The number of H-pyrrole nitrogens is 1. The molecule has 0 bridgehead atoms. The van der Waals surface area contributed by atoms with E-state index in [0.29, 0.717) is 6.42 Å². The van der Waals surface area contributed by atoms with Crippen molar-refractivity contribution >= 4 is 7.60 Å². The monoisotopic (exact) mass is 438 g/mol. The van der Waals surface area contributed by atoms with Gasteiger partial charge in [-0.05, 0) is 11.1 Å². The van der Waals surface area contributed by atoms with Crippen LogP contribution in [0.25, 0.3) is 0 Å². The number of allylic oxidation sites excluding steroid dienone is 1. The molecule has 3 aromatic rings. The lowest BCUT2D eigenvalue weighted by atomic mass is 10.2. The highest BCUT2D eigenvalue weighted by atomic mass is 31.2. The molecule has 31 heavy (non-hydrogen) atoms. The lowest BCUT2D eigenvalue weighted by molar-refractivity contribution is 0.161. The summed E-state index contributed by atoms with van der Waals surface area (Å²) in [6, 6.07) is 19.9. The molecule has 7 nitrogen and oxygen atoms in total. The number of rotatable bonds is 8. The lowest BCUT2D eigenvalue weighted by Gasteiger charge is -2.23. The van der Waals surface area contributed by atoms with Gasteiger partial charge in [0.2, 0.25) is 0 Å². The molecule has 3 atom stereocenters. The Balaban J connectivity index is 1.49. The van der Waals surface area contributed by atoms with E-state index in [4.69, 9.17) is 9.05 Å². The van der Waals surface area contributed by atoms with Crippen LogP contribution >= 0.6 is 7.60 Å². The van der Waals surface area contributed by atoms with Crippen molar-refractivity contribution in [2.75, 3.05) is 0 Å². The summed E-state index contributed by atoms with van der Waals surface area (Å²) in [4.78, 5) is 25.6. The quantitative estimate of drug-likeness (QED) is 0.424. The van der Waals surface area contributed by atoms with Gasteiger partial charge in [-0.15, -0.1) is 0 Å². The van der Waals surface area contributed by atoms with Crippen LogP contribution in [0.1, 0.15) is 23.6 Å². The largest absolute Gasteiger partial charge is 0.335 e. The van der Waals surface area contributed by atoms with Gasteiger partial charge < -0.3 is 9.05 Å². The summed E-state index contributed by atoms with van der Waals surface area (Å²) in [6.07, 6.45) is 5.14. The average Bonchev–Trinajstić information content (AvgIpc) is 3.21. The van der Waals surface area contributed by atoms with Gasteiger partial charge in [0.05, 0.1) is 24.9 Å². The van der Waals surface area contributed by atoms with Crippen molar-refractivity contribution in [3.63, 3.8) is 0 Å². The molecule has 3 unspecified atom stereocenters. The molecular weight excluding hydrogens is 415 g/mol. The smallest absolute Gasteiger partial charge is 0.304 e. The Morgan fingerprint density at radius 3 is 2.29 bits per heavy atom. The van der Waals surface area contributed by atoms with Crippen molar-refractivity contribution in [1.29, 1.82) is 0 Å². The summed E-state index contributed by atoms with van der Waals surface area (Å²) in [6.45, 7) is 0.171. The van der Waals surface area contributed by atoms with Crippen molar-refractivity contribution in [2.24, 2.45) is 0 Å². The van der Waals surface area contributed by atoms with E-state index in [0.717, 1.165) is 11.1 Å². The molecule has 0 aliphatic heterocycles. The van der Waals surface area contributed by atoms with Crippen molar-refractivity contribution in [2.45, 2.75) is 31.3 Å². The summed E-state index contributed by atoms with van der Waals surface area (Å²) in [5.74, 6) is 0. The molecule has 1 aliphatic carbocycles. The van der Waals surface area contributed by atoms with Crippen LogP contribution in [0.4, 0.5) is 0 Å². The van der Waals surface area contributed by atoms with Crippen LogP contribution in [0.5, 0.6) is 0 Å². The molecule has 0 radical (unpaired) electrons. The van der Waals surface area contributed by atoms with E-state index in [1.165, 1.54) is 16.8 Å². The number of nitrogens with one attached hydrogen (secondary N) is 1. The van der Waals surface area contributed by atoms with Crippen molar-refractivity contribution < 1.29 is 13.6 Å². The zero-order valence-corrected chi connectivity index (χ0v) is 17.7. The molecule has 0 fully saturated rings. The van der Waals surface area contributed by atoms with Crippen LogP contribution in [0.15, 0.2) is 94.7 Å². The van der Waals surface area contributed by atoms with Gasteiger partial charge in [0.1, 0.15) is 0 Å². The molecular formula is C23H23N2O5P. The van der Waals surface area contributed by atoms with Crippen LogP contribution in [0.2, 0.25) is 0 Å². The van der Waals surface area contributed by atoms with E-state index in [2.05, 4.69) is 4.98 Å². The Bertz CT molecular complexity index is 1200.